The van der Waals surface area contributed by atoms with Crippen LogP contribution in [0.4, 0.5) is 5.82 Å². The molecule has 0 bridgehead atoms. The van der Waals surface area contributed by atoms with Gasteiger partial charge in [0.1, 0.15) is 16.6 Å². The third-order valence-corrected chi connectivity index (χ3v) is 3.26. The van der Waals surface area contributed by atoms with Gasteiger partial charge in [-0.3, -0.25) is 9.89 Å². The second kappa shape index (κ2) is 6.02. The summed E-state index contributed by atoms with van der Waals surface area (Å²) in [6, 6.07) is 5.10. The molecule has 104 valence electrons. The summed E-state index contributed by atoms with van der Waals surface area (Å²) in [5.41, 5.74) is 6.40. The maximum atomic E-state index is 12.2. The van der Waals surface area contributed by atoms with E-state index in [1.807, 2.05) is 0 Å². The highest BCUT2D eigenvalue weighted by atomic mass is 79.9. The lowest BCUT2D eigenvalue weighted by atomic mass is 10.2. The summed E-state index contributed by atoms with van der Waals surface area (Å²) in [7, 11) is 1.50. The predicted octanol–water partition coefficient (Wildman–Crippen LogP) is 2.07. The highest BCUT2D eigenvalue weighted by Gasteiger charge is 2.16. The minimum absolute atomic E-state index is 0.150. The van der Waals surface area contributed by atoms with Crippen LogP contribution in [0.2, 0.25) is 0 Å². The quantitative estimate of drug-likeness (QED) is 0.730. The molecule has 1 aromatic heterocycles. The van der Waals surface area contributed by atoms with E-state index in [-0.39, 0.29) is 10.9 Å². The molecule has 1 amide bonds. The SMILES string of the molecule is COc1cc(Br)ccc1C(=O)Nc1[nH]ncc1C(N)=S. The fourth-order valence-electron chi connectivity index (χ4n) is 1.60. The number of nitrogens with zero attached hydrogens (tertiary/aromatic N) is 1. The zero-order valence-corrected chi connectivity index (χ0v) is 12.8. The first-order valence-electron chi connectivity index (χ1n) is 5.51. The molecule has 4 N–H and O–H groups in total. The fourth-order valence-corrected chi connectivity index (χ4v) is 2.10. The molecule has 2 aromatic rings. The van der Waals surface area contributed by atoms with E-state index in [0.29, 0.717) is 22.7 Å². The van der Waals surface area contributed by atoms with Crippen molar-refractivity contribution in [3.05, 3.63) is 40.0 Å². The molecule has 0 spiro atoms. The van der Waals surface area contributed by atoms with Crippen LogP contribution in [0.5, 0.6) is 5.75 Å². The Balaban J connectivity index is 2.28. The summed E-state index contributed by atoms with van der Waals surface area (Å²) in [4.78, 5) is 12.4. The van der Waals surface area contributed by atoms with Crippen LogP contribution >= 0.6 is 28.1 Å². The van der Waals surface area contributed by atoms with Crippen LogP contribution in [0.3, 0.4) is 0 Å². The number of methoxy groups -OCH3 is 1. The number of rotatable bonds is 4. The number of aromatic amines is 1. The van der Waals surface area contributed by atoms with E-state index in [4.69, 9.17) is 22.7 Å². The summed E-state index contributed by atoms with van der Waals surface area (Å²) < 4.78 is 5.99. The molecule has 0 fully saturated rings. The summed E-state index contributed by atoms with van der Waals surface area (Å²) in [5, 5.41) is 9.10. The van der Waals surface area contributed by atoms with Gasteiger partial charge in [0.05, 0.1) is 24.4 Å². The summed E-state index contributed by atoms with van der Waals surface area (Å²) in [6.45, 7) is 0. The lowest BCUT2D eigenvalue weighted by Gasteiger charge is -2.09. The van der Waals surface area contributed by atoms with Gasteiger partial charge in [-0.2, -0.15) is 5.10 Å². The first kappa shape index (κ1) is 14.5. The molecule has 1 heterocycles. The molecule has 0 radical (unpaired) electrons. The van der Waals surface area contributed by atoms with Gasteiger partial charge in [-0.25, -0.2) is 0 Å². The molecule has 0 aliphatic rings. The van der Waals surface area contributed by atoms with Gasteiger partial charge in [-0.05, 0) is 18.2 Å². The number of halogens is 1. The number of ether oxygens (including phenoxy) is 1. The zero-order valence-electron chi connectivity index (χ0n) is 10.4. The van der Waals surface area contributed by atoms with Crippen molar-refractivity contribution in [3.8, 4) is 5.75 Å². The number of aromatic nitrogens is 2. The second-order valence-corrected chi connectivity index (χ2v) is 5.18. The molecule has 6 nitrogen and oxygen atoms in total. The lowest BCUT2D eigenvalue weighted by Crippen LogP contribution is -2.17. The van der Waals surface area contributed by atoms with Crippen molar-refractivity contribution >= 4 is 44.9 Å². The standard InChI is InChI=1S/C12H11BrN4O2S/c1-19-9-4-6(13)2-3-7(9)12(18)16-11-8(10(14)20)5-15-17-11/h2-5H,1H3,(H2,14,20)(H2,15,16,17,18). The molecule has 0 saturated heterocycles. The van der Waals surface area contributed by atoms with E-state index >= 15 is 0 Å². The van der Waals surface area contributed by atoms with Gasteiger partial charge in [-0.1, -0.05) is 28.1 Å². The minimum Gasteiger partial charge on any atom is -0.496 e. The number of carbonyl (C=O) groups is 1. The van der Waals surface area contributed by atoms with Gasteiger partial charge in [0.2, 0.25) is 0 Å². The molecule has 0 aliphatic carbocycles. The molecule has 1 aromatic carbocycles. The molecule has 0 aliphatic heterocycles. The third kappa shape index (κ3) is 2.97. The molecule has 8 heteroatoms. The first-order chi connectivity index (χ1) is 9.52. The Hall–Kier alpha value is -1.93. The maximum absolute atomic E-state index is 12.2. The average molecular weight is 355 g/mol. The highest BCUT2D eigenvalue weighted by Crippen LogP contribution is 2.24. The fraction of sp³-hybridized carbons (Fsp3) is 0.0833. The highest BCUT2D eigenvalue weighted by molar-refractivity contribution is 9.10. The van der Waals surface area contributed by atoms with E-state index in [1.165, 1.54) is 13.3 Å². The van der Waals surface area contributed by atoms with Crippen LogP contribution in [0, 0.1) is 0 Å². The second-order valence-electron chi connectivity index (χ2n) is 3.82. The molecular weight excluding hydrogens is 344 g/mol. The van der Waals surface area contributed by atoms with Gasteiger partial charge in [0, 0.05) is 4.47 Å². The third-order valence-electron chi connectivity index (χ3n) is 2.55. The number of hydrogen-bond acceptors (Lipinski definition) is 4. The van der Waals surface area contributed by atoms with Crippen LogP contribution in [-0.2, 0) is 0 Å². The summed E-state index contributed by atoms with van der Waals surface area (Å²) >= 11 is 8.19. The van der Waals surface area contributed by atoms with Crippen molar-refractivity contribution in [1.82, 2.24) is 10.2 Å². The average Bonchev–Trinajstić information content (AvgIpc) is 2.86. The number of amides is 1. The Bertz CT molecular complexity index is 671. The normalized spacial score (nSPS) is 10.1. The van der Waals surface area contributed by atoms with Gasteiger partial charge in [-0.15, -0.1) is 0 Å². The van der Waals surface area contributed by atoms with Crippen molar-refractivity contribution in [1.29, 1.82) is 0 Å². The van der Waals surface area contributed by atoms with Crippen LogP contribution in [0.1, 0.15) is 15.9 Å². The van der Waals surface area contributed by atoms with E-state index in [2.05, 4.69) is 31.4 Å². The lowest BCUT2D eigenvalue weighted by molar-refractivity contribution is 0.102. The van der Waals surface area contributed by atoms with E-state index in [0.717, 1.165) is 4.47 Å². The number of carbonyl (C=O) groups excluding carboxylic acids is 1. The molecule has 2 rings (SSSR count). The Morgan fingerprint density at radius 1 is 1.50 bits per heavy atom. The van der Waals surface area contributed by atoms with E-state index < -0.39 is 0 Å². The van der Waals surface area contributed by atoms with Gasteiger partial charge in [0.15, 0.2) is 0 Å². The number of anilines is 1. The first-order valence-corrected chi connectivity index (χ1v) is 6.71. The molecule has 0 saturated carbocycles. The van der Waals surface area contributed by atoms with E-state index in [9.17, 15) is 4.79 Å². The molecule has 20 heavy (non-hydrogen) atoms. The van der Waals surface area contributed by atoms with Crippen molar-refractivity contribution in [3.63, 3.8) is 0 Å². The zero-order chi connectivity index (χ0) is 14.7. The smallest absolute Gasteiger partial charge is 0.260 e. The number of thiocarbonyl (C=S) groups is 1. The topological polar surface area (TPSA) is 93.0 Å². The van der Waals surface area contributed by atoms with Crippen molar-refractivity contribution in [2.75, 3.05) is 12.4 Å². The van der Waals surface area contributed by atoms with Gasteiger partial charge in [0.25, 0.3) is 5.91 Å². The largest absolute Gasteiger partial charge is 0.496 e. The predicted molar refractivity (Wildman–Crippen MR) is 83.1 cm³/mol. The molecular formula is C12H11BrN4O2S. The van der Waals surface area contributed by atoms with Crippen LogP contribution in [-0.4, -0.2) is 28.2 Å². The Labute approximate surface area is 128 Å². The van der Waals surface area contributed by atoms with Gasteiger partial charge >= 0.3 is 0 Å². The van der Waals surface area contributed by atoms with Gasteiger partial charge < -0.3 is 15.8 Å². The Morgan fingerprint density at radius 2 is 2.25 bits per heavy atom. The van der Waals surface area contributed by atoms with Crippen LogP contribution in [0.15, 0.2) is 28.9 Å². The number of hydrogen-bond donors (Lipinski definition) is 3. The number of nitrogens with two attached hydrogens (primary N) is 1. The number of nitrogens with one attached hydrogen (secondary N) is 2. The van der Waals surface area contributed by atoms with Crippen molar-refractivity contribution in [2.45, 2.75) is 0 Å². The van der Waals surface area contributed by atoms with Crippen LogP contribution < -0.4 is 15.8 Å². The summed E-state index contributed by atoms with van der Waals surface area (Å²) in [5.74, 6) is 0.455. The monoisotopic (exact) mass is 354 g/mol. The van der Waals surface area contributed by atoms with E-state index in [1.54, 1.807) is 18.2 Å². The maximum Gasteiger partial charge on any atom is 0.260 e. The minimum atomic E-state index is -0.351. The van der Waals surface area contributed by atoms with Crippen molar-refractivity contribution < 1.29 is 9.53 Å². The molecule has 0 unspecified atom stereocenters. The Morgan fingerprint density at radius 3 is 2.90 bits per heavy atom. The Kier molecular flexibility index (Phi) is 4.35. The van der Waals surface area contributed by atoms with Crippen molar-refractivity contribution in [2.24, 2.45) is 5.73 Å². The number of H-pyrrole nitrogens is 1. The molecule has 0 atom stereocenters. The van der Waals surface area contributed by atoms with Crippen LogP contribution in [0.25, 0.3) is 0 Å². The number of benzene rings is 1. The summed E-state index contributed by atoms with van der Waals surface area (Å²) in [6.07, 6.45) is 1.46.